The Hall–Kier alpha value is -3.38. The van der Waals surface area contributed by atoms with Crippen LogP contribution in [0.2, 0.25) is 0 Å². The molecule has 1 unspecified atom stereocenters. The zero-order chi connectivity index (χ0) is 20.5. The Bertz CT molecular complexity index is 1250. The number of hydrogen-bond acceptors (Lipinski definition) is 5. The van der Waals surface area contributed by atoms with Crippen molar-refractivity contribution >= 4 is 27.8 Å². The Morgan fingerprint density at radius 3 is 2.59 bits per heavy atom. The van der Waals surface area contributed by atoms with Gasteiger partial charge < -0.3 is 19.3 Å². The fraction of sp³-hybridized carbons (Fsp3) is 0.217. The maximum atomic E-state index is 12.6. The second-order valence-electron chi connectivity index (χ2n) is 7.15. The van der Waals surface area contributed by atoms with E-state index in [1.807, 2.05) is 50.2 Å². The fourth-order valence-electron chi connectivity index (χ4n) is 3.57. The molecule has 0 radical (unpaired) electrons. The number of amides is 1. The molecular formula is C23H21NO5. The van der Waals surface area contributed by atoms with E-state index in [9.17, 15) is 14.7 Å². The molecule has 6 heteroatoms. The summed E-state index contributed by atoms with van der Waals surface area (Å²) in [4.78, 5) is 25.1. The first-order chi connectivity index (χ1) is 14.0. The minimum absolute atomic E-state index is 0.129. The van der Waals surface area contributed by atoms with Crippen LogP contribution in [0.15, 0.2) is 62.4 Å². The summed E-state index contributed by atoms with van der Waals surface area (Å²) >= 11 is 0. The molecule has 0 aliphatic heterocycles. The highest BCUT2D eigenvalue weighted by Crippen LogP contribution is 2.28. The van der Waals surface area contributed by atoms with Crippen molar-refractivity contribution in [2.24, 2.45) is 0 Å². The van der Waals surface area contributed by atoms with E-state index in [-0.39, 0.29) is 18.9 Å². The predicted molar refractivity (Wildman–Crippen MR) is 110 cm³/mol. The zero-order valence-corrected chi connectivity index (χ0v) is 16.2. The van der Waals surface area contributed by atoms with Crippen LogP contribution in [-0.4, -0.2) is 17.6 Å². The smallest absolute Gasteiger partial charge is 0.340 e. The number of carbonyl (C=O) groups excluding carboxylic acids is 1. The summed E-state index contributed by atoms with van der Waals surface area (Å²) in [5.41, 5.74) is 3.32. The van der Waals surface area contributed by atoms with E-state index < -0.39 is 11.7 Å². The van der Waals surface area contributed by atoms with E-state index in [2.05, 4.69) is 5.32 Å². The average molecular weight is 391 g/mol. The second kappa shape index (κ2) is 7.56. The first-order valence-electron chi connectivity index (χ1n) is 9.37. The lowest BCUT2D eigenvalue weighted by atomic mass is 10.0. The van der Waals surface area contributed by atoms with Gasteiger partial charge in [-0.3, -0.25) is 4.79 Å². The number of furan rings is 1. The quantitative estimate of drug-likeness (QED) is 0.508. The third kappa shape index (κ3) is 3.54. The van der Waals surface area contributed by atoms with Crippen LogP contribution in [0.1, 0.15) is 28.3 Å². The molecule has 0 aliphatic rings. The van der Waals surface area contributed by atoms with Crippen molar-refractivity contribution in [3.8, 4) is 0 Å². The molecule has 0 fully saturated rings. The van der Waals surface area contributed by atoms with E-state index in [1.165, 1.54) is 0 Å². The molecule has 2 aromatic heterocycles. The summed E-state index contributed by atoms with van der Waals surface area (Å²) in [5, 5.41) is 14.1. The van der Waals surface area contributed by atoms with E-state index in [4.69, 9.17) is 8.83 Å². The number of carbonyl (C=O) groups is 1. The molecule has 4 rings (SSSR count). The van der Waals surface area contributed by atoms with Gasteiger partial charge in [0.2, 0.25) is 5.91 Å². The summed E-state index contributed by atoms with van der Waals surface area (Å²) in [6.45, 7) is 3.52. The van der Waals surface area contributed by atoms with E-state index in [0.29, 0.717) is 22.3 Å². The number of aliphatic hydroxyl groups is 1. The summed E-state index contributed by atoms with van der Waals surface area (Å²) in [7, 11) is 0. The highest BCUT2D eigenvalue weighted by molar-refractivity contribution is 5.96. The van der Waals surface area contributed by atoms with Gasteiger partial charge in [-0.05, 0) is 36.6 Å². The molecule has 2 aromatic carbocycles. The molecule has 0 bridgehead atoms. The first kappa shape index (κ1) is 19.0. The SMILES string of the molecule is Cc1coc2cc3oc(=O)c(CC(=O)NC(CO)c4ccccc4)c(C)c3cc12. The lowest BCUT2D eigenvalue weighted by molar-refractivity contribution is -0.121. The summed E-state index contributed by atoms with van der Waals surface area (Å²) < 4.78 is 10.9. The maximum Gasteiger partial charge on any atom is 0.340 e. The summed E-state index contributed by atoms with van der Waals surface area (Å²) in [6, 6.07) is 12.3. The van der Waals surface area contributed by atoms with Gasteiger partial charge in [0.15, 0.2) is 0 Å². The molecule has 6 nitrogen and oxygen atoms in total. The van der Waals surface area contributed by atoms with E-state index >= 15 is 0 Å². The standard InChI is InChI=1S/C23H21NO5/c1-13-12-28-20-10-21-17(8-16(13)20)14(2)18(23(27)29-21)9-22(26)24-19(11-25)15-6-4-3-5-7-15/h3-8,10,12,19,25H,9,11H2,1-2H3,(H,24,26). The van der Waals surface area contributed by atoms with E-state index in [0.717, 1.165) is 21.9 Å². The fourth-order valence-corrected chi connectivity index (χ4v) is 3.57. The molecule has 2 N–H and O–H groups in total. The number of aliphatic hydroxyl groups excluding tert-OH is 1. The lowest BCUT2D eigenvalue weighted by Gasteiger charge is -2.17. The third-order valence-electron chi connectivity index (χ3n) is 5.23. The third-order valence-corrected chi connectivity index (χ3v) is 5.23. The van der Waals surface area contributed by atoms with Crippen molar-refractivity contribution in [3.05, 3.63) is 81.4 Å². The molecule has 0 saturated carbocycles. The zero-order valence-electron chi connectivity index (χ0n) is 16.2. The van der Waals surface area contributed by atoms with Crippen LogP contribution in [0, 0.1) is 13.8 Å². The van der Waals surface area contributed by atoms with Crippen LogP contribution in [0.25, 0.3) is 21.9 Å². The highest BCUT2D eigenvalue weighted by atomic mass is 16.4. The van der Waals surface area contributed by atoms with Crippen LogP contribution in [-0.2, 0) is 11.2 Å². The molecule has 148 valence electrons. The Balaban J connectivity index is 1.66. The minimum atomic E-state index is -0.548. The van der Waals surface area contributed by atoms with Crippen LogP contribution >= 0.6 is 0 Å². The largest absolute Gasteiger partial charge is 0.464 e. The number of nitrogens with one attached hydrogen (secondary N) is 1. The molecule has 0 saturated heterocycles. The molecule has 2 heterocycles. The Labute approximate surface area is 166 Å². The normalized spacial score (nSPS) is 12.4. The van der Waals surface area contributed by atoms with E-state index in [1.54, 1.807) is 12.3 Å². The van der Waals surface area contributed by atoms with Crippen molar-refractivity contribution < 1.29 is 18.7 Å². The number of aryl methyl sites for hydroxylation is 2. The minimum Gasteiger partial charge on any atom is -0.464 e. The molecule has 0 aliphatic carbocycles. The van der Waals surface area contributed by atoms with Crippen LogP contribution in [0.5, 0.6) is 0 Å². The Morgan fingerprint density at radius 1 is 1.10 bits per heavy atom. The van der Waals surface area contributed by atoms with Gasteiger partial charge in [0.05, 0.1) is 30.9 Å². The second-order valence-corrected chi connectivity index (χ2v) is 7.15. The van der Waals surface area contributed by atoms with Gasteiger partial charge in [0, 0.05) is 16.8 Å². The number of hydrogen-bond donors (Lipinski definition) is 2. The van der Waals surface area contributed by atoms with Crippen LogP contribution < -0.4 is 10.9 Å². The van der Waals surface area contributed by atoms with Crippen molar-refractivity contribution in [1.29, 1.82) is 0 Å². The number of fused-ring (bicyclic) bond motifs is 2. The van der Waals surface area contributed by atoms with Crippen molar-refractivity contribution in [1.82, 2.24) is 5.32 Å². The van der Waals surface area contributed by atoms with Crippen molar-refractivity contribution in [2.75, 3.05) is 6.61 Å². The number of rotatable bonds is 5. The van der Waals surface area contributed by atoms with Gasteiger partial charge in [-0.1, -0.05) is 30.3 Å². The average Bonchev–Trinajstić information content (AvgIpc) is 3.08. The van der Waals surface area contributed by atoms with Gasteiger partial charge in [-0.15, -0.1) is 0 Å². The topological polar surface area (TPSA) is 92.7 Å². The van der Waals surface area contributed by atoms with Crippen LogP contribution in [0.3, 0.4) is 0 Å². The van der Waals surface area contributed by atoms with Crippen LogP contribution in [0.4, 0.5) is 0 Å². The highest BCUT2D eigenvalue weighted by Gasteiger charge is 2.19. The first-order valence-corrected chi connectivity index (χ1v) is 9.37. The van der Waals surface area contributed by atoms with Gasteiger partial charge in [0.25, 0.3) is 0 Å². The van der Waals surface area contributed by atoms with Crippen molar-refractivity contribution in [2.45, 2.75) is 26.3 Å². The van der Waals surface area contributed by atoms with Gasteiger partial charge >= 0.3 is 5.63 Å². The lowest BCUT2D eigenvalue weighted by Crippen LogP contribution is -2.33. The molecule has 1 amide bonds. The molecule has 4 aromatic rings. The van der Waals surface area contributed by atoms with Gasteiger partial charge in [-0.25, -0.2) is 4.79 Å². The molecule has 1 atom stereocenters. The molecular weight excluding hydrogens is 370 g/mol. The predicted octanol–water partition coefficient (Wildman–Crippen LogP) is 3.55. The molecule has 0 spiro atoms. The summed E-state index contributed by atoms with van der Waals surface area (Å²) in [6.07, 6.45) is 1.53. The van der Waals surface area contributed by atoms with Crippen molar-refractivity contribution in [3.63, 3.8) is 0 Å². The monoisotopic (exact) mass is 391 g/mol. The Morgan fingerprint density at radius 2 is 1.86 bits per heavy atom. The summed E-state index contributed by atoms with van der Waals surface area (Å²) in [5.74, 6) is -0.358. The maximum absolute atomic E-state index is 12.6. The molecule has 29 heavy (non-hydrogen) atoms. The number of benzene rings is 2. The van der Waals surface area contributed by atoms with Gasteiger partial charge in [0.1, 0.15) is 11.2 Å². The van der Waals surface area contributed by atoms with Gasteiger partial charge in [-0.2, -0.15) is 0 Å². The Kier molecular flexibility index (Phi) is 4.94.